The van der Waals surface area contributed by atoms with E-state index in [4.69, 9.17) is 0 Å². The Kier molecular flexibility index (Phi) is 4.68. The summed E-state index contributed by atoms with van der Waals surface area (Å²) >= 11 is 0. The molecule has 1 aliphatic rings. The molecule has 0 spiro atoms. The van der Waals surface area contributed by atoms with Gasteiger partial charge in [-0.3, -0.25) is 4.68 Å². The second kappa shape index (κ2) is 6.87. The molecule has 3 heterocycles. The van der Waals surface area contributed by atoms with Crippen LogP contribution < -0.4 is 10.2 Å². The Hall–Kier alpha value is -1.95. The van der Waals surface area contributed by atoms with E-state index in [9.17, 15) is 0 Å². The van der Waals surface area contributed by atoms with Crippen LogP contribution >= 0.6 is 0 Å². The van der Waals surface area contributed by atoms with E-state index in [2.05, 4.69) is 39.1 Å². The Morgan fingerprint density at radius 1 is 1.18 bits per heavy atom. The Morgan fingerprint density at radius 2 is 1.91 bits per heavy atom. The molecule has 1 saturated heterocycles. The Bertz CT molecular complexity index is 559. The number of anilines is 1. The summed E-state index contributed by atoms with van der Waals surface area (Å²) in [6, 6.07) is 2.58. The van der Waals surface area contributed by atoms with Crippen molar-refractivity contribution >= 4 is 5.95 Å². The van der Waals surface area contributed by atoms with E-state index in [0.717, 1.165) is 31.1 Å². The van der Waals surface area contributed by atoms with Crippen LogP contribution in [0.1, 0.15) is 38.3 Å². The van der Waals surface area contributed by atoms with Crippen molar-refractivity contribution in [3.63, 3.8) is 0 Å². The van der Waals surface area contributed by atoms with Gasteiger partial charge in [0.05, 0.1) is 6.04 Å². The summed E-state index contributed by atoms with van der Waals surface area (Å²) in [6.07, 6.45) is 10.2. The summed E-state index contributed by atoms with van der Waals surface area (Å²) in [5.41, 5.74) is 1.11. The predicted molar refractivity (Wildman–Crippen MR) is 86.7 cm³/mol. The number of hydrogen-bond acceptors (Lipinski definition) is 5. The van der Waals surface area contributed by atoms with E-state index < -0.39 is 0 Å². The van der Waals surface area contributed by atoms with Crippen LogP contribution in [0.5, 0.6) is 0 Å². The average molecular weight is 300 g/mol. The molecule has 22 heavy (non-hydrogen) atoms. The molecule has 0 bridgehead atoms. The minimum Gasteiger partial charge on any atom is -0.341 e. The minimum atomic E-state index is 0.305. The first kappa shape index (κ1) is 15.0. The molecule has 0 amide bonds. The van der Waals surface area contributed by atoms with Gasteiger partial charge in [-0.25, -0.2) is 9.97 Å². The van der Waals surface area contributed by atoms with E-state index in [1.165, 1.54) is 12.8 Å². The maximum Gasteiger partial charge on any atom is 0.225 e. The lowest BCUT2D eigenvalue weighted by atomic mass is 10.1. The third-order valence-electron chi connectivity index (χ3n) is 4.37. The van der Waals surface area contributed by atoms with E-state index >= 15 is 0 Å². The largest absolute Gasteiger partial charge is 0.341 e. The van der Waals surface area contributed by atoms with Gasteiger partial charge in [0.2, 0.25) is 5.95 Å². The van der Waals surface area contributed by atoms with E-state index in [-0.39, 0.29) is 0 Å². The molecule has 0 aromatic carbocycles. The van der Waals surface area contributed by atoms with Crippen molar-refractivity contribution < 1.29 is 0 Å². The fourth-order valence-corrected chi connectivity index (χ4v) is 2.72. The van der Waals surface area contributed by atoms with Crippen LogP contribution in [-0.4, -0.2) is 38.9 Å². The minimum absolute atomic E-state index is 0.305. The zero-order valence-electron chi connectivity index (χ0n) is 13.3. The molecule has 1 N–H and O–H groups in total. The fourth-order valence-electron chi connectivity index (χ4n) is 2.72. The molecular formula is C16H24N6. The molecule has 2 atom stereocenters. The molecule has 0 radical (unpaired) electrons. The highest BCUT2D eigenvalue weighted by atomic mass is 15.3. The van der Waals surface area contributed by atoms with Gasteiger partial charge in [-0.05, 0) is 32.8 Å². The van der Waals surface area contributed by atoms with Crippen molar-refractivity contribution in [2.45, 2.75) is 45.3 Å². The van der Waals surface area contributed by atoms with Gasteiger partial charge >= 0.3 is 0 Å². The number of nitrogens with zero attached hydrogens (tertiary/aromatic N) is 5. The standard InChI is InChI=1S/C16H24N6/c1-13(14(2)22-9-5-6-20-22)17-10-15-11-18-16(19-12-15)21-7-3-4-8-21/h5-6,9,11-14,17H,3-4,7-8,10H2,1-2H3/t13-,14-/m1/s1. The van der Waals surface area contributed by atoms with Gasteiger partial charge in [0.25, 0.3) is 0 Å². The lowest BCUT2D eigenvalue weighted by Gasteiger charge is -2.22. The molecule has 0 saturated carbocycles. The molecule has 2 aromatic heterocycles. The van der Waals surface area contributed by atoms with Crippen LogP contribution in [0, 0.1) is 0 Å². The van der Waals surface area contributed by atoms with Crippen LogP contribution in [0.3, 0.4) is 0 Å². The van der Waals surface area contributed by atoms with Crippen molar-refractivity contribution in [1.82, 2.24) is 25.1 Å². The van der Waals surface area contributed by atoms with Crippen LogP contribution in [-0.2, 0) is 6.54 Å². The first-order chi connectivity index (χ1) is 10.7. The van der Waals surface area contributed by atoms with Gasteiger partial charge in [-0.1, -0.05) is 0 Å². The quantitative estimate of drug-likeness (QED) is 0.884. The van der Waals surface area contributed by atoms with Gasteiger partial charge in [-0.15, -0.1) is 0 Å². The van der Waals surface area contributed by atoms with E-state index in [0.29, 0.717) is 12.1 Å². The molecular weight excluding hydrogens is 276 g/mol. The first-order valence-corrected chi connectivity index (χ1v) is 8.02. The Morgan fingerprint density at radius 3 is 2.55 bits per heavy atom. The molecule has 1 fully saturated rings. The Balaban J connectivity index is 1.52. The van der Waals surface area contributed by atoms with Crippen molar-refractivity contribution in [2.24, 2.45) is 0 Å². The molecule has 6 heteroatoms. The van der Waals surface area contributed by atoms with Gasteiger partial charge in [-0.2, -0.15) is 5.10 Å². The maximum absolute atomic E-state index is 4.49. The lowest BCUT2D eigenvalue weighted by Crippen LogP contribution is -2.33. The molecule has 0 aliphatic carbocycles. The highest BCUT2D eigenvalue weighted by Crippen LogP contribution is 2.15. The zero-order chi connectivity index (χ0) is 15.4. The summed E-state index contributed by atoms with van der Waals surface area (Å²) in [5, 5.41) is 7.82. The van der Waals surface area contributed by atoms with Crippen LogP contribution in [0.4, 0.5) is 5.95 Å². The third kappa shape index (κ3) is 3.44. The number of nitrogens with one attached hydrogen (secondary N) is 1. The summed E-state index contributed by atoms with van der Waals surface area (Å²) in [5.74, 6) is 0.860. The molecule has 1 aliphatic heterocycles. The van der Waals surface area contributed by atoms with Gasteiger partial charge in [0.15, 0.2) is 0 Å². The molecule has 3 rings (SSSR count). The highest BCUT2D eigenvalue weighted by Gasteiger charge is 2.15. The SMILES string of the molecule is C[C@H]([C@@H](C)NCc1cnc(N2CCCC2)nc1)n1cccn1. The normalized spacial score (nSPS) is 17.6. The highest BCUT2D eigenvalue weighted by molar-refractivity contribution is 5.30. The number of aromatic nitrogens is 4. The molecule has 118 valence electrons. The van der Waals surface area contributed by atoms with E-state index in [1.54, 1.807) is 0 Å². The second-order valence-corrected chi connectivity index (χ2v) is 5.98. The summed E-state index contributed by atoms with van der Waals surface area (Å²) < 4.78 is 1.98. The van der Waals surface area contributed by atoms with Crippen LogP contribution in [0.2, 0.25) is 0 Å². The predicted octanol–water partition coefficient (Wildman–Crippen LogP) is 2.01. The van der Waals surface area contributed by atoms with Crippen molar-refractivity contribution in [3.05, 3.63) is 36.4 Å². The monoisotopic (exact) mass is 300 g/mol. The zero-order valence-corrected chi connectivity index (χ0v) is 13.3. The first-order valence-electron chi connectivity index (χ1n) is 8.02. The van der Waals surface area contributed by atoms with Gasteiger partial charge < -0.3 is 10.2 Å². The van der Waals surface area contributed by atoms with E-state index in [1.807, 2.05) is 35.5 Å². The van der Waals surface area contributed by atoms with Crippen LogP contribution in [0.25, 0.3) is 0 Å². The van der Waals surface area contributed by atoms with Crippen molar-refractivity contribution in [1.29, 1.82) is 0 Å². The van der Waals surface area contributed by atoms with Crippen LogP contribution in [0.15, 0.2) is 30.9 Å². The van der Waals surface area contributed by atoms with Crippen molar-refractivity contribution in [2.75, 3.05) is 18.0 Å². The Labute approximate surface area is 131 Å². The fraction of sp³-hybridized carbons (Fsp3) is 0.562. The average Bonchev–Trinajstić information content (AvgIpc) is 3.25. The maximum atomic E-state index is 4.49. The lowest BCUT2D eigenvalue weighted by molar-refractivity contribution is 0.365. The topological polar surface area (TPSA) is 58.9 Å². The number of rotatable bonds is 6. The van der Waals surface area contributed by atoms with Gasteiger partial charge in [0.1, 0.15) is 0 Å². The molecule has 6 nitrogen and oxygen atoms in total. The second-order valence-electron chi connectivity index (χ2n) is 5.98. The number of hydrogen-bond donors (Lipinski definition) is 1. The van der Waals surface area contributed by atoms with Gasteiger partial charge in [0, 0.05) is 56.0 Å². The summed E-state index contributed by atoms with van der Waals surface area (Å²) in [6.45, 7) is 7.27. The third-order valence-corrected chi connectivity index (χ3v) is 4.37. The smallest absolute Gasteiger partial charge is 0.225 e. The summed E-state index contributed by atoms with van der Waals surface area (Å²) in [7, 11) is 0. The molecule has 0 unspecified atom stereocenters. The summed E-state index contributed by atoms with van der Waals surface area (Å²) in [4.78, 5) is 11.2. The molecule has 2 aromatic rings. The van der Waals surface area contributed by atoms with Crippen molar-refractivity contribution in [3.8, 4) is 0 Å².